The zero-order valence-electron chi connectivity index (χ0n) is 33.2. The lowest BCUT2D eigenvalue weighted by Crippen LogP contribution is -2.70. The Morgan fingerprint density at radius 3 is 2.51 bits per heavy atom. The maximum absolute atomic E-state index is 17.4. The molecular weight excluding hydrogens is 776 g/mol. The van der Waals surface area contributed by atoms with Crippen LogP contribution in [0.15, 0.2) is 35.1 Å². The van der Waals surface area contributed by atoms with E-state index in [1.807, 2.05) is 13.8 Å². The van der Waals surface area contributed by atoms with Gasteiger partial charge in [0.25, 0.3) is 11.8 Å². The highest BCUT2D eigenvalue weighted by Gasteiger charge is 2.75. The summed E-state index contributed by atoms with van der Waals surface area (Å²) in [4.78, 5) is 76.6. The number of aliphatic hydroxyl groups excluding tert-OH is 1. The van der Waals surface area contributed by atoms with Gasteiger partial charge in [0.1, 0.15) is 17.1 Å². The molecule has 0 aromatic heterocycles. The predicted octanol–water partition coefficient (Wildman–Crippen LogP) is 3.40. The number of amides is 4. The zero-order chi connectivity index (χ0) is 41.5. The number of ketones is 1. The number of hydrogen-bond donors (Lipinski definition) is 6. The summed E-state index contributed by atoms with van der Waals surface area (Å²) in [5.74, 6) is -2.66. The SMILES string of the molecule is CCC(=O)NCCSCC1=C(C(=O)O)N2C(=O)[C@@H](NC(=O)CCCCCCNC(=O)[C@@]3(O)[C@H](C)C[C@H]4C5CCC6=CC(=O)C=C[C@]6(C)[C@@]5(F)[C@@H](O)C[C@@]43C)[C@H]2SC1. The molecule has 4 aliphatic carbocycles. The van der Waals surface area contributed by atoms with Gasteiger partial charge in [0.05, 0.1) is 6.10 Å². The Kier molecular flexibility index (Phi) is 12.8. The molecule has 2 aliphatic heterocycles. The summed E-state index contributed by atoms with van der Waals surface area (Å²) < 4.78 is 17.4. The third-order valence-electron chi connectivity index (χ3n) is 13.9. The summed E-state index contributed by atoms with van der Waals surface area (Å²) in [6, 6.07) is -0.798. The standard InChI is InChI=1S/C41H57FN4O9S2/c1-5-30(49)43-16-17-56-21-24-22-57-35-32(34(51)46(35)33(24)36(52)53)45-31(50)10-8-6-7-9-15-44-37(54)41(55)23(2)18-28-27-12-11-25-19-26(47)13-14-38(25,3)40(27,42)29(48)20-39(28,41)4/h13-14,19,23,27-29,32,35,48,55H,5-12,15-18,20-22H2,1-4H3,(H,43,49)(H,44,54)(H,45,50)(H,52,53)/t23-,27?,28+,29+,32-,35-,38+,39+,40+,41+/m1/s1. The van der Waals surface area contributed by atoms with Crippen molar-refractivity contribution in [1.82, 2.24) is 20.9 Å². The number of alkyl halides is 1. The number of fused-ring (bicyclic) bond motifs is 6. The molecule has 1 saturated heterocycles. The second-order valence-corrected chi connectivity index (χ2v) is 19.3. The summed E-state index contributed by atoms with van der Waals surface area (Å²) >= 11 is 2.91. The van der Waals surface area contributed by atoms with Crippen LogP contribution in [0.4, 0.5) is 4.39 Å². The molecule has 13 nitrogen and oxygen atoms in total. The number of nitrogens with one attached hydrogen (secondary N) is 3. The van der Waals surface area contributed by atoms with Gasteiger partial charge in [0, 0.05) is 59.9 Å². The molecule has 57 heavy (non-hydrogen) atoms. The average Bonchev–Trinajstić information content (AvgIpc) is 3.37. The molecule has 4 fully saturated rings. The number of halogens is 1. The number of aliphatic carboxylic acids is 1. The van der Waals surface area contributed by atoms with Crippen molar-refractivity contribution in [1.29, 1.82) is 0 Å². The number of carboxylic acids is 1. The van der Waals surface area contributed by atoms with E-state index in [2.05, 4.69) is 16.0 Å². The van der Waals surface area contributed by atoms with Crippen LogP contribution in [0, 0.1) is 28.6 Å². The van der Waals surface area contributed by atoms with E-state index in [1.165, 1.54) is 40.6 Å². The van der Waals surface area contributed by atoms with Gasteiger partial charge in [-0.05, 0) is 75.0 Å². The van der Waals surface area contributed by atoms with Gasteiger partial charge < -0.3 is 31.3 Å². The van der Waals surface area contributed by atoms with Crippen LogP contribution in [-0.4, -0.2) is 115 Å². The highest BCUT2D eigenvalue weighted by molar-refractivity contribution is 8.01. The number of hydrogen-bond acceptors (Lipinski definition) is 10. The lowest BCUT2D eigenvalue weighted by atomic mass is 9.44. The maximum Gasteiger partial charge on any atom is 0.352 e. The first-order chi connectivity index (χ1) is 26.9. The number of carboxylic acid groups (broad SMARTS) is 1. The van der Waals surface area contributed by atoms with Crippen molar-refractivity contribution in [2.75, 3.05) is 30.3 Å². The molecule has 0 aromatic carbocycles. The lowest BCUT2D eigenvalue weighted by molar-refractivity contribution is -0.219. The first-order valence-corrected chi connectivity index (χ1v) is 22.5. The molecule has 2 heterocycles. The number of carbonyl (C=O) groups excluding carboxylic acids is 5. The van der Waals surface area contributed by atoms with E-state index in [-0.39, 0.29) is 42.1 Å². The molecule has 3 saturated carbocycles. The molecule has 16 heteroatoms. The molecule has 1 unspecified atom stereocenters. The molecule has 6 aliphatic rings. The Hall–Kier alpha value is -3.21. The average molecular weight is 833 g/mol. The lowest BCUT2D eigenvalue weighted by Gasteiger charge is -2.62. The monoisotopic (exact) mass is 832 g/mol. The van der Waals surface area contributed by atoms with E-state index in [9.17, 15) is 44.1 Å². The number of thioether (sulfide) groups is 2. The highest BCUT2D eigenvalue weighted by atomic mass is 32.2. The van der Waals surface area contributed by atoms with Gasteiger partial charge in [-0.25, -0.2) is 9.18 Å². The summed E-state index contributed by atoms with van der Waals surface area (Å²) in [5.41, 5.74) is -4.77. The third kappa shape index (κ3) is 7.39. The molecular formula is C41H57FN4O9S2. The van der Waals surface area contributed by atoms with Crippen LogP contribution in [-0.2, 0) is 28.8 Å². The molecule has 6 rings (SSSR count). The van der Waals surface area contributed by atoms with Crippen molar-refractivity contribution in [3.8, 4) is 0 Å². The fourth-order valence-corrected chi connectivity index (χ4v) is 13.1. The first-order valence-electron chi connectivity index (χ1n) is 20.3. The number of β-lactam (4-membered cyclic amide) rings is 1. The number of unbranched alkanes of at least 4 members (excludes halogenated alkanes) is 3. The highest BCUT2D eigenvalue weighted by Crippen LogP contribution is 2.70. The van der Waals surface area contributed by atoms with Gasteiger partial charge in [-0.15, -0.1) is 11.8 Å². The topological polar surface area (TPSA) is 202 Å². The minimum absolute atomic E-state index is 0.0284. The molecule has 0 bridgehead atoms. The van der Waals surface area contributed by atoms with Gasteiger partial charge in [-0.3, -0.25) is 28.9 Å². The smallest absolute Gasteiger partial charge is 0.352 e. The first kappa shape index (κ1) is 43.4. The third-order valence-corrected chi connectivity index (χ3v) is 16.3. The van der Waals surface area contributed by atoms with Crippen LogP contribution in [0.3, 0.4) is 0 Å². The van der Waals surface area contributed by atoms with E-state index in [1.54, 1.807) is 19.9 Å². The Balaban J connectivity index is 0.932. The number of allylic oxidation sites excluding steroid dienone is 4. The minimum atomic E-state index is -2.04. The summed E-state index contributed by atoms with van der Waals surface area (Å²) in [6.45, 7) is 7.91. The van der Waals surface area contributed by atoms with Crippen molar-refractivity contribution < 1.29 is 48.5 Å². The molecule has 6 N–H and O–H groups in total. The number of nitrogens with zero attached hydrogens (tertiary/aromatic N) is 1. The Bertz CT molecular complexity index is 1770. The second kappa shape index (κ2) is 16.8. The van der Waals surface area contributed by atoms with E-state index < -0.39 is 69.2 Å². The van der Waals surface area contributed by atoms with Crippen molar-refractivity contribution in [2.24, 2.45) is 28.6 Å². The summed E-state index contributed by atoms with van der Waals surface area (Å²) in [7, 11) is 0. The van der Waals surface area contributed by atoms with E-state index >= 15 is 4.39 Å². The van der Waals surface area contributed by atoms with Crippen LogP contribution in [0.2, 0.25) is 0 Å². The van der Waals surface area contributed by atoms with Gasteiger partial charge in [0.2, 0.25) is 11.8 Å². The van der Waals surface area contributed by atoms with Crippen LogP contribution in [0.1, 0.15) is 91.9 Å². The Labute approximate surface area is 341 Å². The minimum Gasteiger partial charge on any atom is -0.477 e. The fourth-order valence-electron chi connectivity index (χ4n) is 10.8. The van der Waals surface area contributed by atoms with Gasteiger partial charge >= 0.3 is 5.97 Å². The quantitative estimate of drug-likeness (QED) is 0.0984. The molecule has 4 amide bonds. The molecule has 314 valence electrons. The number of carbonyl (C=O) groups is 6. The van der Waals surface area contributed by atoms with Crippen LogP contribution >= 0.6 is 23.5 Å². The summed E-state index contributed by atoms with van der Waals surface area (Å²) in [6.07, 6.45) is 7.40. The maximum atomic E-state index is 17.4. The predicted molar refractivity (Wildman–Crippen MR) is 214 cm³/mol. The van der Waals surface area contributed by atoms with E-state index in [0.717, 1.165) is 0 Å². The zero-order valence-corrected chi connectivity index (χ0v) is 34.9. The Morgan fingerprint density at radius 2 is 1.79 bits per heavy atom. The fraction of sp³-hybridized carbons (Fsp3) is 0.707. The van der Waals surface area contributed by atoms with E-state index in [4.69, 9.17) is 0 Å². The molecule has 0 radical (unpaired) electrons. The number of aliphatic hydroxyl groups is 2. The van der Waals surface area contributed by atoms with E-state index in [0.29, 0.717) is 92.9 Å². The van der Waals surface area contributed by atoms with Gasteiger partial charge in [-0.1, -0.05) is 45.3 Å². The second-order valence-electron chi connectivity index (χ2n) is 17.1. The van der Waals surface area contributed by atoms with Gasteiger partial charge in [0.15, 0.2) is 17.1 Å². The van der Waals surface area contributed by atoms with Crippen LogP contribution in [0.25, 0.3) is 0 Å². The largest absolute Gasteiger partial charge is 0.477 e. The summed E-state index contributed by atoms with van der Waals surface area (Å²) in [5, 5.41) is 41.7. The normalized spacial score (nSPS) is 36.6. The molecule has 0 aromatic rings. The van der Waals surface area contributed by atoms with Crippen molar-refractivity contribution in [3.63, 3.8) is 0 Å². The van der Waals surface area contributed by atoms with Crippen molar-refractivity contribution in [3.05, 3.63) is 35.1 Å². The van der Waals surface area contributed by atoms with Crippen molar-refractivity contribution >= 4 is 58.9 Å². The molecule has 0 spiro atoms. The van der Waals surface area contributed by atoms with Gasteiger partial charge in [-0.2, -0.15) is 11.8 Å². The molecule has 10 atom stereocenters. The van der Waals surface area contributed by atoms with Crippen molar-refractivity contribution in [2.45, 2.75) is 121 Å². The van der Waals surface area contributed by atoms with Crippen LogP contribution in [0.5, 0.6) is 0 Å². The van der Waals surface area contributed by atoms with Crippen LogP contribution < -0.4 is 16.0 Å². The Morgan fingerprint density at radius 1 is 1.05 bits per heavy atom. The number of rotatable bonds is 16.